The summed E-state index contributed by atoms with van der Waals surface area (Å²) >= 11 is 1.58. The van der Waals surface area contributed by atoms with Gasteiger partial charge in [0.2, 0.25) is 0 Å². The van der Waals surface area contributed by atoms with Gasteiger partial charge in [-0.05, 0) is 30.5 Å². The van der Waals surface area contributed by atoms with Crippen molar-refractivity contribution in [2.75, 3.05) is 11.9 Å². The number of amides is 2. The summed E-state index contributed by atoms with van der Waals surface area (Å²) in [5.41, 5.74) is 1.50. The average Bonchev–Trinajstić information content (AvgIpc) is 3.22. The van der Waals surface area contributed by atoms with Crippen molar-refractivity contribution in [3.8, 4) is 0 Å². The molecule has 0 fully saturated rings. The second-order valence-electron chi connectivity index (χ2n) is 4.91. The standard InChI is InChI=1S/C16H16N4O3S/c1-2-23-15(21)13-10-18-20-6-5-11(8-14(13)20)19-16(22)17-9-12-4-3-7-24-12/h3-8,10H,2,9H2,1H3,(H2,17,19,22). The Balaban J connectivity index is 1.71. The third-order valence-corrected chi connectivity index (χ3v) is 4.15. The van der Waals surface area contributed by atoms with Crippen molar-refractivity contribution in [1.29, 1.82) is 0 Å². The molecule has 0 aromatic carbocycles. The maximum absolute atomic E-state index is 12.0. The number of anilines is 1. The summed E-state index contributed by atoms with van der Waals surface area (Å²) in [4.78, 5) is 25.0. The summed E-state index contributed by atoms with van der Waals surface area (Å²) in [5.74, 6) is -0.438. The fourth-order valence-corrected chi connectivity index (χ4v) is 2.82. The first-order valence-corrected chi connectivity index (χ1v) is 8.27. The van der Waals surface area contributed by atoms with Gasteiger partial charge in [0.15, 0.2) is 0 Å². The van der Waals surface area contributed by atoms with Crippen molar-refractivity contribution in [1.82, 2.24) is 14.9 Å². The van der Waals surface area contributed by atoms with E-state index in [4.69, 9.17) is 4.74 Å². The average molecular weight is 344 g/mol. The molecule has 0 aliphatic heterocycles. The maximum atomic E-state index is 12.0. The number of esters is 1. The molecule has 3 rings (SSSR count). The van der Waals surface area contributed by atoms with E-state index in [9.17, 15) is 9.59 Å². The van der Waals surface area contributed by atoms with Crippen LogP contribution in [-0.2, 0) is 11.3 Å². The Morgan fingerprint density at radius 2 is 2.25 bits per heavy atom. The van der Waals surface area contributed by atoms with E-state index in [1.807, 2.05) is 17.5 Å². The molecule has 0 saturated carbocycles. The van der Waals surface area contributed by atoms with Crippen LogP contribution in [0.3, 0.4) is 0 Å². The zero-order chi connectivity index (χ0) is 16.9. The molecular formula is C16H16N4O3S. The lowest BCUT2D eigenvalue weighted by Crippen LogP contribution is -2.27. The largest absolute Gasteiger partial charge is 0.462 e. The third-order valence-electron chi connectivity index (χ3n) is 3.28. The van der Waals surface area contributed by atoms with Gasteiger partial charge in [0.25, 0.3) is 0 Å². The van der Waals surface area contributed by atoms with E-state index < -0.39 is 5.97 Å². The molecule has 7 nitrogen and oxygen atoms in total. The van der Waals surface area contributed by atoms with E-state index >= 15 is 0 Å². The number of rotatable bonds is 5. The number of thiophene rings is 1. The Labute approximate surface area is 142 Å². The first kappa shape index (κ1) is 16.0. The highest BCUT2D eigenvalue weighted by Crippen LogP contribution is 2.17. The van der Waals surface area contributed by atoms with Crippen molar-refractivity contribution < 1.29 is 14.3 Å². The SMILES string of the molecule is CCOC(=O)c1cnn2ccc(NC(=O)NCc3cccs3)cc12. The van der Waals surface area contributed by atoms with Crippen LogP contribution in [0.25, 0.3) is 5.52 Å². The maximum Gasteiger partial charge on any atom is 0.341 e. The van der Waals surface area contributed by atoms with Crippen LogP contribution in [0.4, 0.5) is 10.5 Å². The van der Waals surface area contributed by atoms with Gasteiger partial charge in [0.1, 0.15) is 5.56 Å². The number of nitrogens with one attached hydrogen (secondary N) is 2. The monoisotopic (exact) mass is 344 g/mol. The first-order chi connectivity index (χ1) is 11.7. The predicted molar refractivity (Wildman–Crippen MR) is 91.3 cm³/mol. The minimum absolute atomic E-state index is 0.291. The van der Waals surface area contributed by atoms with Gasteiger partial charge in [0.05, 0.1) is 24.9 Å². The van der Waals surface area contributed by atoms with E-state index in [1.165, 1.54) is 6.20 Å². The molecule has 0 unspecified atom stereocenters. The number of pyridine rings is 1. The van der Waals surface area contributed by atoms with Gasteiger partial charge >= 0.3 is 12.0 Å². The number of urea groups is 1. The first-order valence-electron chi connectivity index (χ1n) is 7.39. The van der Waals surface area contributed by atoms with Gasteiger partial charge in [0, 0.05) is 16.8 Å². The topological polar surface area (TPSA) is 84.7 Å². The van der Waals surface area contributed by atoms with Crippen LogP contribution in [0.15, 0.2) is 42.0 Å². The molecule has 3 aromatic rings. The van der Waals surface area contributed by atoms with Crippen LogP contribution in [0, 0.1) is 0 Å². The molecule has 24 heavy (non-hydrogen) atoms. The Morgan fingerprint density at radius 1 is 1.38 bits per heavy atom. The fourth-order valence-electron chi connectivity index (χ4n) is 2.18. The molecule has 124 valence electrons. The second-order valence-corrected chi connectivity index (χ2v) is 5.94. The molecular weight excluding hydrogens is 328 g/mol. The number of ether oxygens (including phenoxy) is 1. The smallest absolute Gasteiger partial charge is 0.341 e. The fraction of sp³-hybridized carbons (Fsp3) is 0.188. The zero-order valence-corrected chi connectivity index (χ0v) is 13.8. The van der Waals surface area contributed by atoms with E-state index in [-0.39, 0.29) is 6.03 Å². The van der Waals surface area contributed by atoms with Gasteiger partial charge in [-0.15, -0.1) is 11.3 Å². The highest BCUT2D eigenvalue weighted by Gasteiger charge is 2.14. The summed E-state index contributed by atoms with van der Waals surface area (Å²) in [6.07, 6.45) is 3.13. The van der Waals surface area contributed by atoms with Gasteiger partial charge in [-0.3, -0.25) is 0 Å². The molecule has 0 aliphatic carbocycles. The number of aromatic nitrogens is 2. The molecule has 0 spiro atoms. The van der Waals surface area contributed by atoms with Crippen LogP contribution in [-0.4, -0.2) is 28.2 Å². The summed E-state index contributed by atoms with van der Waals surface area (Å²) in [5, 5.41) is 11.6. The van der Waals surface area contributed by atoms with Gasteiger partial charge in [-0.25, -0.2) is 14.1 Å². The molecule has 0 saturated heterocycles. The van der Waals surface area contributed by atoms with Gasteiger partial charge < -0.3 is 15.4 Å². The number of carbonyl (C=O) groups excluding carboxylic acids is 2. The van der Waals surface area contributed by atoms with E-state index in [0.29, 0.717) is 29.9 Å². The number of fused-ring (bicyclic) bond motifs is 1. The normalized spacial score (nSPS) is 10.5. The second kappa shape index (κ2) is 7.14. The third kappa shape index (κ3) is 3.54. The highest BCUT2D eigenvalue weighted by atomic mass is 32.1. The van der Waals surface area contributed by atoms with Gasteiger partial charge in [-0.1, -0.05) is 6.07 Å². The van der Waals surface area contributed by atoms with Crippen molar-refractivity contribution in [2.24, 2.45) is 0 Å². The molecule has 0 radical (unpaired) electrons. The Kier molecular flexibility index (Phi) is 4.76. The van der Waals surface area contributed by atoms with E-state index in [1.54, 1.807) is 41.1 Å². The minimum Gasteiger partial charge on any atom is -0.462 e. The summed E-state index contributed by atoms with van der Waals surface area (Å²) < 4.78 is 6.56. The Bertz CT molecular complexity index is 857. The molecule has 2 amide bonds. The van der Waals surface area contributed by atoms with Gasteiger partial charge in [-0.2, -0.15) is 5.10 Å². The molecule has 3 aromatic heterocycles. The quantitative estimate of drug-likeness (QED) is 0.697. The number of carbonyl (C=O) groups is 2. The number of hydrogen-bond donors (Lipinski definition) is 2. The Morgan fingerprint density at radius 3 is 3.00 bits per heavy atom. The van der Waals surface area contributed by atoms with Crippen LogP contribution >= 0.6 is 11.3 Å². The van der Waals surface area contributed by atoms with Crippen LogP contribution in [0.5, 0.6) is 0 Å². The van der Waals surface area contributed by atoms with Crippen LogP contribution in [0.1, 0.15) is 22.2 Å². The zero-order valence-electron chi connectivity index (χ0n) is 13.0. The highest BCUT2D eigenvalue weighted by molar-refractivity contribution is 7.09. The minimum atomic E-state index is -0.438. The van der Waals surface area contributed by atoms with Crippen molar-refractivity contribution >= 4 is 34.5 Å². The molecule has 0 atom stereocenters. The molecule has 8 heteroatoms. The molecule has 2 N–H and O–H groups in total. The Hall–Kier alpha value is -2.87. The molecule has 3 heterocycles. The van der Waals surface area contributed by atoms with Crippen molar-refractivity contribution in [2.45, 2.75) is 13.5 Å². The van der Waals surface area contributed by atoms with E-state index in [0.717, 1.165) is 4.88 Å². The number of hydrogen-bond acceptors (Lipinski definition) is 5. The lowest BCUT2D eigenvalue weighted by Gasteiger charge is -2.07. The van der Waals surface area contributed by atoms with Crippen molar-refractivity contribution in [3.05, 3.63) is 52.5 Å². The summed E-state index contributed by atoms with van der Waals surface area (Å²) in [7, 11) is 0. The molecule has 0 bridgehead atoms. The lowest BCUT2D eigenvalue weighted by atomic mass is 10.2. The number of nitrogens with zero attached hydrogens (tertiary/aromatic N) is 2. The predicted octanol–water partition coefficient (Wildman–Crippen LogP) is 2.89. The van der Waals surface area contributed by atoms with Crippen molar-refractivity contribution in [3.63, 3.8) is 0 Å². The van der Waals surface area contributed by atoms with E-state index in [2.05, 4.69) is 15.7 Å². The molecule has 0 aliphatic rings. The summed E-state index contributed by atoms with van der Waals surface area (Å²) in [6, 6.07) is 6.97. The summed E-state index contributed by atoms with van der Waals surface area (Å²) in [6.45, 7) is 2.50. The lowest BCUT2D eigenvalue weighted by molar-refractivity contribution is 0.0528. The van der Waals surface area contributed by atoms with Crippen LogP contribution in [0.2, 0.25) is 0 Å². The van der Waals surface area contributed by atoms with Crippen LogP contribution < -0.4 is 10.6 Å².